The fraction of sp³-hybridized carbons (Fsp3) is 0.357. The van der Waals surface area contributed by atoms with Crippen LogP contribution in [0.1, 0.15) is 22.2 Å². The van der Waals surface area contributed by atoms with Crippen LogP contribution in [0.4, 0.5) is 4.39 Å². The summed E-state index contributed by atoms with van der Waals surface area (Å²) in [5.41, 5.74) is 2.38. The largest absolute Gasteiger partial charge is 0.267 e. The van der Waals surface area contributed by atoms with Crippen LogP contribution in [0.25, 0.3) is 11.3 Å². The summed E-state index contributed by atoms with van der Waals surface area (Å²) in [7, 11) is 0. The van der Waals surface area contributed by atoms with Gasteiger partial charge in [0.2, 0.25) is 0 Å². The van der Waals surface area contributed by atoms with E-state index in [1.165, 1.54) is 12.1 Å². The molecule has 0 saturated carbocycles. The first-order chi connectivity index (χ1) is 9.58. The van der Waals surface area contributed by atoms with Gasteiger partial charge in [0.15, 0.2) is 0 Å². The maximum absolute atomic E-state index is 13.0. The lowest BCUT2D eigenvalue weighted by molar-refractivity contribution is 0.347. The van der Waals surface area contributed by atoms with Crippen LogP contribution in [0.2, 0.25) is 0 Å². The molecule has 0 radical (unpaired) electrons. The lowest BCUT2D eigenvalue weighted by atomic mass is 9.91. The topological polar surface area (TPSA) is 17.8 Å². The van der Waals surface area contributed by atoms with Gasteiger partial charge in [0.1, 0.15) is 11.5 Å². The van der Waals surface area contributed by atoms with Gasteiger partial charge in [0.05, 0.1) is 10.2 Å². The summed E-state index contributed by atoms with van der Waals surface area (Å²) >= 11 is 3.57. The van der Waals surface area contributed by atoms with Crippen molar-refractivity contribution < 1.29 is 7.13 Å². The highest BCUT2D eigenvalue weighted by Crippen LogP contribution is 2.39. The number of hydrogen-bond acceptors (Lipinski definition) is 1. The third-order valence-corrected chi connectivity index (χ3v) is 3.97. The van der Waals surface area contributed by atoms with E-state index >= 15 is 0 Å². The van der Waals surface area contributed by atoms with E-state index < -0.39 is 0 Å². The Labute approximate surface area is 117 Å². The Kier molecular flexibility index (Phi) is 2.12. The number of nitrogens with zero attached hydrogens (tertiary/aromatic N) is 2. The lowest BCUT2D eigenvalue weighted by Gasteiger charge is -2.14. The smallest absolute Gasteiger partial charge is 0.123 e. The fourth-order valence-corrected chi connectivity index (χ4v) is 2.95. The van der Waals surface area contributed by atoms with Crippen LogP contribution in [0.5, 0.6) is 0 Å². The Hall–Kier alpha value is -1.16. The van der Waals surface area contributed by atoms with E-state index in [1.54, 1.807) is 12.1 Å². The van der Waals surface area contributed by atoms with Gasteiger partial charge in [-0.25, -0.2) is 4.39 Å². The number of fused-ring (bicyclic) bond motifs is 1. The van der Waals surface area contributed by atoms with E-state index in [1.807, 2.05) is 4.68 Å². The van der Waals surface area contributed by atoms with Crippen LogP contribution in [-0.2, 0) is 13.0 Å². The maximum atomic E-state index is 13.0. The van der Waals surface area contributed by atoms with E-state index in [-0.39, 0.29) is 25.0 Å². The first-order valence-corrected chi connectivity index (χ1v) is 6.47. The van der Waals surface area contributed by atoms with E-state index in [4.69, 9.17) is 2.74 Å². The third-order valence-electron chi connectivity index (χ3n) is 3.14. The number of aromatic nitrogens is 2. The SMILES string of the molecule is [2H]CC1(C[2H])Cc2c(Br)c(-c3ccc(F)cc3)nn2C1. The van der Waals surface area contributed by atoms with E-state index in [0.717, 1.165) is 21.4 Å². The molecule has 1 aromatic heterocycles. The third kappa shape index (κ3) is 1.88. The molecule has 4 heteroatoms. The summed E-state index contributed by atoms with van der Waals surface area (Å²) < 4.78 is 31.1. The van der Waals surface area contributed by atoms with Gasteiger partial charge < -0.3 is 0 Å². The van der Waals surface area contributed by atoms with Crippen molar-refractivity contribution in [2.24, 2.45) is 5.41 Å². The van der Waals surface area contributed by atoms with Gasteiger partial charge in [-0.3, -0.25) is 4.68 Å². The summed E-state index contributed by atoms with van der Waals surface area (Å²) in [5, 5.41) is 4.56. The molecule has 0 amide bonds. The Bertz CT molecular complexity index is 635. The molecule has 1 aliphatic rings. The van der Waals surface area contributed by atoms with Gasteiger partial charge in [-0.05, 0) is 52.0 Å². The summed E-state index contributed by atoms with van der Waals surface area (Å²) in [6.07, 6.45) is 0.689. The highest BCUT2D eigenvalue weighted by Gasteiger charge is 2.32. The second-order valence-corrected chi connectivity index (χ2v) is 5.74. The minimum atomic E-state index is -0.313. The van der Waals surface area contributed by atoms with Gasteiger partial charge in [0, 0.05) is 14.8 Å². The molecule has 0 atom stereocenters. The Morgan fingerprint density at radius 3 is 2.72 bits per heavy atom. The molecule has 0 N–H and O–H groups in total. The fourth-order valence-electron chi connectivity index (χ4n) is 2.30. The molecule has 0 spiro atoms. The molecule has 94 valence electrons. The quantitative estimate of drug-likeness (QED) is 0.777. The van der Waals surface area contributed by atoms with Crippen molar-refractivity contribution >= 4 is 15.9 Å². The van der Waals surface area contributed by atoms with Crippen LogP contribution in [0, 0.1) is 11.2 Å². The zero-order valence-corrected chi connectivity index (χ0v) is 11.4. The second-order valence-electron chi connectivity index (χ2n) is 4.95. The summed E-state index contributed by atoms with van der Waals surface area (Å²) in [4.78, 5) is 0. The first-order valence-electron chi connectivity index (χ1n) is 7.09. The molecule has 0 saturated heterocycles. The summed E-state index contributed by atoms with van der Waals surface area (Å²) in [5.74, 6) is -0.265. The molecule has 1 aliphatic heterocycles. The van der Waals surface area contributed by atoms with E-state index in [0.29, 0.717) is 13.0 Å². The predicted molar refractivity (Wildman–Crippen MR) is 72.8 cm³/mol. The molecular weight excluding hydrogens is 295 g/mol. The van der Waals surface area contributed by atoms with Crippen molar-refractivity contribution in [2.75, 3.05) is 0 Å². The van der Waals surface area contributed by atoms with Gasteiger partial charge in [-0.15, -0.1) is 0 Å². The monoisotopic (exact) mass is 310 g/mol. The summed E-state index contributed by atoms with van der Waals surface area (Å²) in [6, 6.07) is 6.26. The van der Waals surface area contributed by atoms with Crippen molar-refractivity contribution in [1.82, 2.24) is 9.78 Å². The second kappa shape index (κ2) is 3.92. The van der Waals surface area contributed by atoms with E-state index in [2.05, 4.69) is 21.0 Å². The zero-order chi connectivity index (χ0) is 14.3. The van der Waals surface area contributed by atoms with Gasteiger partial charge in [-0.1, -0.05) is 13.8 Å². The first kappa shape index (κ1) is 9.73. The van der Waals surface area contributed by atoms with Crippen molar-refractivity contribution in [3.63, 3.8) is 0 Å². The molecule has 2 aromatic rings. The van der Waals surface area contributed by atoms with E-state index in [9.17, 15) is 4.39 Å². The van der Waals surface area contributed by atoms with Crippen molar-refractivity contribution in [1.29, 1.82) is 0 Å². The van der Waals surface area contributed by atoms with Crippen LogP contribution < -0.4 is 0 Å². The molecule has 2 heterocycles. The highest BCUT2D eigenvalue weighted by molar-refractivity contribution is 9.10. The molecule has 18 heavy (non-hydrogen) atoms. The normalized spacial score (nSPS) is 18.3. The lowest BCUT2D eigenvalue weighted by Crippen LogP contribution is -2.13. The average molecular weight is 311 g/mol. The van der Waals surface area contributed by atoms with Crippen LogP contribution in [-0.4, -0.2) is 9.78 Å². The maximum Gasteiger partial charge on any atom is 0.123 e. The van der Waals surface area contributed by atoms with Crippen LogP contribution >= 0.6 is 15.9 Å². The Morgan fingerprint density at radius 1 is 1.39 bits per heavy atom. The molecule has 0 bridgehead atoms. The average Bonchev–Trinajstić information content (AvgIpc) is 2.97. The predicted octanol–water partition coefficient (Wildman–Crippen LogP) is 4.03. The van der Waals surface area contributed by atoms with Gasteiger partial charge >= 0.3 is 0 Å². The standard InChI is InChI=1S/C14H14BrFN2/c1-14(2)7-11-12(15)13(17-18(11)8-14)9-3-5-10(16)6-4-9/h3-6H,7-8H2,1-2H3/i1D,2D. The van der Waals surface area contributed by atoms with Crippen molar-refractivity contribution in [3.05, 3.63) is 40.2 Å². The molecular formula is C14H14BrFN2. The minimum absolute atomic E-state index is 0.234. The zero-order valence-electron chi connectivity index (χ0n) is 11.8. The number of rotatable bonds is 1. The van der Waals surface area contributed by atoms with Gasteiger partial charge in [-0.2, -0.15) is 5.10 Å². The molecule has 1 aromatic carbocycles. The number of halogens is 2. The van der Waals surface area contributed by atoms with Crippen molar-refractivity contribution in [3.8, 4) is 11.3 Å². The molecule has 0 unspecified atom stereocenters. The molecule has 0 aliphatic carbocycles. The molecule has 2 nitrogen and oxygen atoms in total. The number of benzene rings is 1. The highest BCUT2D eigenvalue weighted by atomic mass is 79.9. The van der Waals surface area contributed by atoms with Gasteiger partial charge in [0.25, 0.3) is 0 Å². The summed E-state index contributed by atoms with van der Waals surface area (Å²) in [6.45, 7) is 1.07. The molecule has 3 rings (SSSR count). The Morgan fingerprint density at radius 2 is 2.11 bits per heavy atom. The number of hydrogen-bond donors (Lipinski definition) is 0. The van der Waals surface area contributed by atoms with Crippen LogP contribution in [0.3, 0.4) is 0 Å². The van der Waals surface area contributed by atoms with Crippen LogP contribution in [0.15, 0.2) is 28.7 Å². The van der Waals surface area contributed by atoms with Crippen molar-refractivity contribution in [2.45, 2.75) is 26.8 Å². The molecule has 0 fully saturated rings. The minimum Gasteiger partial charge on any atom is -0.267 e. The Balaban J connectivity index is 1.98.